The fraction of sp³-hybridized carbons (Fsp3) is 1.00. The minimum atomic E-state index is 0. The van der Waals surface area contributed by atoms with E-state index >= 15 is 0 Å². The average molecular weight is 360 g/mol. The second kappa shape index (κ2) is 21.3. The standard InChI is InChI=1S/C14H30.2BrH/c1-3-5-7-9-11-13-14-12-10-8-6-4-2;;/h3-14H2,1-2H3;2*1H. The van der Waals surface area contributed by atoms with Crippen molar-refractivity contribution in [1.82, 2.24) is 0 Å². The third-order valence-electron chi connectivity index (χ3n) is 2.96. The van der Waals surface area contributed by atoms with Crippen molar-refractivity contribution >= 4 is 34.0 Å². The maximum absolute atomic E-state index is 2.29. The van der Waals surface area contributed by atoms with Gasteiger partial charge in [0.1, 0.15) is 0 Å². The zero-order valence-corrected chi connectivity index (χ0v) is 14.7. The predicted molar refractivity (Wildman–Crippen MR) is 87.4 cm³/mol. The van der Waals surface area contributed by atoms with Crippen LogP contribution in [0.25, 0.3) is 0 Å². The molecule has 0 nitrogen and oxygen atoms in total. The van der Waals surface area contributed by atoms with Gasteiger partial charge in [-0.15, -0.1) is 34.0 Å². The van der Waals surface area contributed by atoms with Crippen molar-refractivity contribution in [2.75, 3.05) is 0 Å². The molecule has 102 valence electrons. The van der Waals surface area contributed by atoms with E-state index in [2.05, 4.69) is 13.8 Å². The quantitative estimate of drug-likeness (QED) is 0.353. The lowest BCUT2D eigenvalue weighted by Crippen LogP contribution is -1.81. The maximum Gasteiger partial charge on any atom is -0.0533 e. The van der Waals surface area contributed by atoms with E-state index in [0.29, 0.717) is 0 Å². The molecule has 0 saturated heterocycles. The summed E-state index contributed by atoms with van der Waals surface area (Å²) in [4.78, 5) is 0. The molecule has 0 fully saturated rings. The van der Waals surface area contributed by atoms with Gasteiger partial charge in [-0.1, -0.05) is 90.9 Å². The highest BCUT2D eigenvalue weighted by Gasteiger charge is 1.91. The molecule has 0 heterocycles. The van der Waals surface area contributed by atoms with Crippen LogP contribution in [0.5, 0.6) is 0 Å². The van der Waals surface area contributed by atoms with E-state index in [-0.39, 0.29) is 34.0 Å². The van der Waals surface area contributed by atoms with E-state index in [1.807, 2.05) is 0 Å². The Bertz CT molecular complexity index is 82.7. The monoisotopic (exact) mass is 358 g/mol. The van der Waals surface area contributed by atoms with E-state index < -0.39 is 0 Å². The highest BCUT2D eigenvalue weighted by molar-refractivity contribution is 8.93. The van der Waals surface area contributed by atoms with Crippen LogP contribution in [0.15, 0.2) is 0 Å². The van der Waals surface area contributed by atoms with Crippen LogP contribution in [0.2, 0.25) is 0 Å². The van der Waals surface area contributed by atoms with Crippen LogP contribution in [0.4, 0.5) is 0 Å². The number of rotatable bonds is 11. The lowest BCUT2D eigenvalue weighted by molar-refractivity contribution is 0.548. The molecule has 0 aromatic heterocycles. The van der Waals surface area contributed by atoms with Gasteiger partial charge in [0.15, 0.2) is 0 Å². The molecule has 0 aliphatic heterocycles. The molecule has 0 spiro atoms. The molecule has 0 unspecified atom stereocenters. The topological polar surface area (TPSA) is 0 Å². The first-order chi connectivity index (χ1) is 6.91. The van der Waals surface area contributed by atoms with Gasteiger partial charge in [-0.25, -0.2) is 0 Å². The Morgan fingerprint density at radius 1 is 0.375 bits per heavy atom. The minimum absolute atomic E-state index is 0. The van der Waals surface area contributed by atoms with E-state index in [0.717, 1.165) is 0 Å². The van der Waals surface area contributed by atoms with Crippen LogP contribution >= 0.6 is 34.0 Å². The predicted octanol–water partition coefficient (Wildman–Crippen LogP) is 6.86. The van der Waals surface area contributed by atoms with Crippen LogP contribution in [-0.2, 0) is 0 Å². The second-order valence-electron chi connectivity index (χ2n) is 4.54. The van der Waals surface area contributed by atoms with Crippen molar-refractivity contribution < 1.29 is 0 Å². The molecular formula is C14H32Br2. The Labute approximate surface area is 125 Å². The molecule has 0 aliphatic rings. The van der Waals surface area contributed by atoms with Crippen molar-refractivity contribution in [2.24, 2.45) is 0 Å². The molecule has 0 saturated carbocycles. The first-order valence-electron chi connectivity index (χ1n) is 6.91. The SMILES string of the molecule is Br.Br.CCCCCCCCCCCCCC. The Morgan fingerprint density at radius 3 is 0.750 bits per heavy atom. The Balaban J connectivity index is -0.000000845. The molecule has 0 bridgehead atoms. The van der Waals surface area contributed by atoms with Gasteiger partial charge in [-0.2, -0.15) is 0 Å². The van der Waals surface area contributed by atoms with Gasteiger partial charge in [-0.05, 0) is 0 Å². The van der Waals surface area contributed by atoms with Gasteiger partial charge in [-0.3, -0.25) is 0 Å². The summed E-state index contributed by atoms with van der Waals surface area (Å²) in [6.45, 7) is 4.57. The molecule has 0 rings (SSSR count). The number of halogens is 2. The first-order valence-corrected chi connectivity index (χ1v) is 6.91. The molecular weight excluding hydrogens is 328 g/mol. The lowest BCUT2D eigenvalue weighted by atomic mass is 10.1. The smallest absolute Gasteiger partial charge is 0.0533 e. The summed E-state index contributed by atoms with van der Waals surface area (Å²) in [6, 6.07) is 0. The van der Waals surface area contributed by atoms with Gasteiger partial charge in [0.05, 0.1) is 0 Å². The third kappa shape index (κ3) is 20.4. The zero-order chi connectivity index (χ0) is 10.5. The van der Waals surface area contributed by atoms with Crippen molar-refractivity contribution in [3.63, 3.8) is 0 Å². The van der Waals surface area contributed by atoms with Crippen LogP contribution < -0.4 is 0 Å². The molecule has 0 aliphatic carbocycles. The summed E-state index contributed by atoms with van der Waals surface area (Å²) in [5, 5.41) is 0. The Hall–Kier alpha value is 0.960. The summed E-state index contributed by atoms with van der Waals surface area (Å²) in [6.07, 6.45) is 17.4. The van der Waals surface area contributed by atoms with Crippen LogP contribution in [0, 0.1) is 0 Å². The molecule has 16 heavy (non-hydrogen) atoms. The van der Waals surface area contributed by atoms with Crippen LogP contribution in [0.1, 0.15) is 90.9 Å². The van der Waals surface area contributed by atoms with Gasteiger partial charge in [0.25, 0.3) is 0 Å². The summed E-state index contributed by atoms with van der Waals surface area (Å²) in [5.74, 6) is 0. The van der Waals surface area contributed by atoms with E-state index in [1.54, 1.807) is 0 Å². The Kier molecular flexibility index (Phi) is 29.5. The van der Waals surface area contributed by atoms with E-state index in [9.17, 15) is 0 Å². The normalized spacial score (nSPS) is 9.38. The van der Waals surface area contributed by atoms with Crippen molar-refractivity contribution in [2.45, 2.75) is 90.9 Å². The van der Waals surface area contributed by atoms with Crippen molar-refractivity contribution in [3.05, 3.63) is 0 Å². The number of unbranched alkanes of at least 4 members (excludes halogenated alkanes) is 11. The fourth-order valence-electron chi connectivity index (χ4n) is 1.91. The van der Waals surface area contributed by atoms with Gasteiger partial charge in [0.2, 0.25) is 0 Å². The summed E-state index contributed by atoms with van der Waals surface area (Å²) >= 11 is 0. The van der Waals surface area contributed by atoms with Gasteiger partial charge >= 0.3 is 0 Å². The molecule has 0 radical (unpaired) electrons. The largest absolute Gasteiger partial charge is 0.114 e. The summed E-state index contributed by atoms with van der Waals surface area (Å²) < 4.78 is 0. The zero-order valence-electron chi connectivity index (χ0n) is 11.3. The van der Waals surface area contributed by atoms with E-state index in [1.165, 1.54) is 77.0 Å². The van der Waals surface area contributed by atoms with Crippen LogP contribution in [-0.4, -0.2) is 0 Å². The molecule has 0 aromatic carbocycles. The third-order valence-corrected chi connectivity index (χ3v) is 2.96. The minimum Gasteiger partial charge on any atom is -0.114 e. The summed E-state index contributed by atoms with van der Waals surface area (Å²) in [7, 11) is 0. The molecule has 0 N–H and O–H groups in total. The lowest BCUT2D eigenvalue weighted by Gasteiger charge is -2.01. The van der Waals surface area contributed by atoms with Crippen molar-refractivity contribution in [3.8, 4) is 0 Å². The highest BCUT2D eigenvalue weighted by Crippen LogP contribution is 2.11. The highest BCUT2D eigenvalue weighted by atomic mass is 79.9. The summed E-state index contributed by atoms with van der Waals surface area (Å²) in [5.41, 5.74) is 0. The first kappa shape index (κ1) is 22.2. The molecule has 2 heteroatoms. The maximum atomic E-state index is 2.29. The molecule has 0 atom stereocenters. The second-order valence-corrected chi connectivity index (χ2v) is 4.54. The van der Waals surface area contributed by atoms with E-state index in [4.69, 9.17) is 0 Å². The number of hydrogen-bond acceptors (Lipinski definition) is 0. The number of hydrogen-bond donors (Lipinski definition) is 0. The van der Waals surface area contributed by atoms with Crippen LogP contribution in [0.3, 0.4) is 0 Å². The molecule has 0 amide bonds. The van der Waals surface area contributed by atoms with Gasteiger partial charge < -0.3 is 0 Å². The average Bonchev–Trinajstić information content (AvgIpc) is 2.21. The van der Waals surface area contributed by atoms with Crippen molar-refractivity contribution in [1.29, 1.82) is 0 Å². The fourth-order valence-corrected chi connectivity index (χ4v) is 1.91. The molecule has 0 aromatic rings. The Morgan fingerprint density at radius 2 is 0.562 bits per heavy atom. The van der Waals surface area contributed by atoms with Gasteiger partial charge in [0, 0.05) is 0 Å².